The molecule has 0 aromatic heterocycles. The first-order chi connectivity index (χ1) is 11.4. The number of hydrogen-bond donors (Lipinski definition) is 1. The number of nitrogens with one attached hydrogen (secondary N) is 1. The molecule has 0 unspecified atom stereocenters. The van der Waals surface area contributed by atoms with Crippen LogP contribution >= 0.6 is 23.2 Å². The Morgan fingerprint density at radius 1 is 1.21 bits per heavy atom. The summed E-state index contributed by atoms with van der Waals surface area (Å²) < 4.78 is 5.34. The van der Waals surface area contributed by atoms with Gasteiger partial charge in [0.1, 0.15) is 5.75 Å². The van der Waals surface area contributed by atoms with Gasteiger partial charge in [-0.15, -0.1) is 0 Å². The van der Waals surface area contributed by atoms with Crippen LogP contribution < -0.4 is 10.1 Å². The molecule has 1 aliphatic heterocycles. The third-order valence-electron chi connectivity index (χ3n) is 3.61. The van der Waals surface area contributed by atoms with Crippen molar-refractivity contribution in [2.45, 2.75) is 6.54 Å². The minimum Gasteiger partial charge on any atom is -0.482 e. The molecule has 0 saturated carbocycles. The van der Waals surface area contributed by atoms with E-state index in [2.05, 4.69) is 5.32 Å². The topological polar surface area (TPSA) is 58.6 Å². The highest BCUT2D eigenvalue weighted by molar-refractivity contribution is 6.42. The van der Waals surface area contributed by atoms with Crippen molar-refractivity contribution in [1.82, 2.24) is 4.90 Å². The number of hydrogen-bond acceptors (Lipinski definition) is 3. The standard InChI is InChI=1S/C17H14Cl2N2O3/c1-21(8-10-2-4-12(18)13(19)6-10)17(23)11-3-5-14-15(7-11)24-9-16(22)20-14/h2-7H,8-9H2,1H3,(H,20,22). The molecule has 5 nitrogen and oxygen atoms in total. The molecule has 2 aromatic carbocycles. The first kappa shape index (κ1) is 16.6. The number of rotatable bonds is 3. The summed E-state index contributed by atoms with van der Waals surface area (Å²) in [5.74, 6) is 0.117. The minimum absolute atomic E-state index is 0.0518. The number of nitrogens with zero attached hydrogens (tertiary/aromatic N) is 1. The fourth-order valence-electron chi connectivity index (χ4n) is 2.41. The van der Waals surface area contributed by atoms with Crippen LogP contribution in [0.5, 0.6) is 5.75 Å². The largest absolute Gasteiger partial charge is 0.482 e. The van der Waals surface area contributed by atoms with Crippen LogP contribution in [-0.4, -0.2) is 30.4 Å². The Morgan fingerprint density at radius 3 is 2.75 bits per heavy atom. The van der Waals surface area contributed by atoms with Gasteiger partial charge in [-0.2, -0.15) is 0 Å². The van der Waals surface area contributed by atoms with E-state index in [0.717, 1.165) is 5.56 Å². The van der Waals surface area contributed by atoms with Gasteiger partial charge in [-0.1, -0.05) is 29.3 Å². The van der Waals surface area contributed by atoms with Gasteiger partial charge < -0.3 is 15.0 Å². The van der Waals surface area contributed by atoms with Gasteiger partial charge in [0.05, 0.1) is 15.7 Å². The fraction of sp³-hybridized carbons (Fsp3) is 0.176. The van der Waals surface area contributed by atoms with Crippen LogP contribution in [-0.2, 0) is 11.3 Å². The molecule has 0 atom stereocenters. The van der Waals surface area contributed by atoms with Crippen LogP contribution in [0.1, 0.15) is 15.9 Å². The zero-order valence-corrected chi connectivity index (χ0v) is 14.3. The third kappa shape index (κ3) is 3.47. The zero-order chi connectivity index (χ0) is 17.3. The lowest BCUT2D eigenvalue weighted by Gasteiger charge is -2.21. The van der Waals surface area contributed by atoms with Crippen molar-refractivity contribution in [3.63, 3.8) is 0 Å². The SMILES string of the molecule is CN(Cc1ccc(Cl)c(Cl)c1)C(=O)c1ccc2c(c1)OCC(=O)N2. The summed E-state index contributed by atoms with van der Waals surface area (Å²) in [4.78, 5) is 25.4. The molecule has 3 rings (SSSR count). The van der Waals surface area contributed by atoms with E-state index in [1.165, 1.54) is 0 Å². The Bertz CT molecular complexity index is 823. The molecule has 1 N–H and O–H groups in total. The van der Waals surface area contributed by atoms with Crippen molar-refractivity contribution in [2.24, 2.45) is 0 Å². The number of carbonyl (C=O) groups is 2. The molecule has 7 heteroatoms. The van der Waals surface area contributed by atoms with E-state index in [1.807, 2.05) is 6.07 Å². The van der Waals surface area contributed by atoms with Gasteiger partial charge in [0.2, 0.25) is 0 Å². The third-order valence-corrected chi connectivity index (χ3v) is 4.35. The molecule has 0 radical (unpaired) electrons. The maximum atomic E-state index is 12.6. The lowest BCUT2D eigenvalue weighted by Crippen LogP contribution is -2.28. The number of halogens is 2. The van der Waals surface area contributed by atoms with Crippen LogP contribution in [0.3, 0.4) is 0 Å². The lowest BCUT2D eigenvalue weighted by molar-refractivity contribution is -0.118. The average molecular weight is 365 g/mol. The normalized spacial score (nSPS) is 12.9. The Labute approximate surface area is 149 Å². The summed E-state index contributed by atoms with van der Waals surface area (Å²) in [6, 6.07) is 10.2. The predicted octanol–water partition coefficient (Wildman–Crippen LogP) is 3.60. The number of fused-ring (bicyclic) bond motifs is 1. The predicted molar refractivity (Wildman–Crippen MR) is 92.8 cm³/mol. The van der Waals surface area contributed by atoms with E-state index < -0.39 is 0 Å². The van der Waals surface area contributed by atoms with E-state index in [-0.39, 0.29) is 18.4 Å². The molecule has 1 aliphatic rings. The molecule has 1 heterocycles. The zero-order valence-electron chi connectivity index (χ0n) is 12.8. The minimum atomic E-state index is -0.210. The second kappa shape index (κ2) is 6.71. The van der Waals surface area contributed by atoms with Crippen molar-refractivity contribution in [3.05, 3.63) is 57.6 Å². The van der Waals surface area contributed by atoms with Gasteiger partial charge in [-0.05, 0) is 35.9 Å². The maximum absolute atomic E-state index is 12.6. The smallest absolute Gasteiger partial charge is 0.262 e. The van der Waals surface area contributed by atoms with E-state index in [1.54, 1.807) is 42.3 Å². The van der Waals surface area contributed by atoms with E-state index in [0.29, 0.717) is 33.6 Å². The summed E-state index contributed by atoms with van der Waals surface area (Å²) in [6.07, 6.45) is 0. The highest BCUT2D eigenvalue weighted by Crippen LogP contribution is 2.29. The van der Waals surface area contributed by atoms with Crippen LogP contribution in [0, 0.1) is 0 Å². The maximum Gasteiger partial charge on any atom is 0.262 e. The summed E-state index contributed by atoms with van der Waals surface area (Å²) in [5, 5.41) is 3.62. The highest BCUT2D eigenvalue weighted by Gasteiger charge is 2.19. The van der Waals surface area contributed by atoms with Crippen LogP contribution in [0.25, 0.3) is 0 Å². The Hall–Kier alpha value is -2.24. The van der Waals surface area contributed by atoms with Crippen molar-refractivity contribution in [1.29, 1.82) is 0 Å². The van der Waals surface area contributed by atoms with Gasteiger partial charge in [0.15, 0.2) is 6.61 Å². The van der Waals surface area contributed by atoms with E-state index >= 15 is 0 Å². The van der Waals surface area contributed by atoms with Gasteiger partial charge in [0.25, 0.3) is 11.8 Å². The van der Waals surface area contributed by atoms with Crippen LogP contribution in [0.15, 0.2) is 36.4 Å². The summed E-state index contributed by atoms with van der Waals surface area (Å²) in [7, 11) is 1.70. The van der Waals surface area contributed by atoms with E-state index in [9.17, 15) is 9.59 Å². The molecule has 124 valence electrons. The summed E-state index contributed by atoms with van der Waals surface area (Å²) >= 11 is 11.9. The van der Waals surface area contributed by atoms with Crippen molar-refractivity contribution < 1.29 is 14.3 Å². The number of benzene rings is 2. The Balaban J connectivity index is 1.76. The molecule has 0 saturated heterocycles. The first-order valence-corrected chi connectivity index (χ1v) is 7.96. The number of anilines is 1. The quantitative estimate of drug-likeness (QED) is 0.904. The number of ether oxygens (including phenoxy) is 1. The monoisotopic (exact) mass is 364 g/mol. The van der Waals surface area contributed by atoms with Crippen LogP contribution in [0.4, 0.5) is 5.69 Å². The van der Waals surface area contributed by atoms with Gasteiger partial charge in [0, 0.05) is 19.2 Å². The van der Waals surface area contributed by atoms with E-state index in [4.69, 9.17) is 27.9 Å². The molecule has 24 heavy (non-hydrogen) atoms. The molecule has 0 fully saturated rings. The molecular formula is C17H14Cl2N2O3. The van der Waals surface area contributed by atoms with Gasteiger partial charge >= 0.3 is 0 Å². The first-order valence-electron chi connectivity index (χ1n) is 7.20. The summed E-state index contributed by atoms with van der Waals surface area (Å²) in [6.45, 7) is 0.341. The lowest BCUT2D eigenvalue weighted by atomic mass is 10.1. The van der Waals surface area contributed by atoms with Crippen molar-refractivity contribution in [3.8, 4) is 5.75 Å². The van der Waals surface area contributed by atoms with Gasteiger partial charge in [-0.3, -0.25) is 9.59 Å². The van der Waals surface area contributed by atoms with Gasteiger partial charge in [-0.25, -0.2) is 0 Å². The second-order valence-corrected chi connectivity index (χ2v) is 6.27. The molecule has 2 amide bonds. The Morgan fingerprint density at radius 2 is 2.00 bits per heavy atom. The second-order valence-electron chi connectivity index (χ2n) is 5.46. The van der Waals surface area contributed by atoms with Crippen molar-refractivity contribution >= 4 is 40.7 Å². The highest BCUT2D eigenvalue weighted by atomic mass is 35.5. The molecule has 2 aromatic rings. The molecule has 0 spiro atoms. The summed E-state index contributed by atoms with van der Waals surface area (Å²) in [5.41, 5.74) is 1.92. The number of carbonyl (C=O) groups excluding carboxylic acids is 2. The average Bonchev–Trinajstić information content (AvgIpc) is 2.57. The molecular weight excluding hydrogens is 351 g/mol. The Kier molecular flexibility index (Phi) is 4.64. The number of amides is 2. The molecule has 0 aliphatic carbocycles. The van der Waals surface area contributed by atoms with Crippen molar-refractivity contribution in [2.75, 3.05) is 19.0 Å². The fourth-order valence-corrected chi connectivity index (χ4v) is 2.73. The van der Waals surface area contributed by atoms with Crippen LogP contribution in [0.2, 0.25) is 10.0 Å². The molecule has 0 bridgehead atoms.